The molecule has 0 radical (unpaired) electrons. The monoisotopic (exact) mass is 448 g/mol. The molecule has 33 heavy (non-hydrogen) atoms. The van der Waals surface area contributed by atoms with Crippen LogP contribution >= 0.6 is 0 Å². The Bertz CT molecular complexity index is 1020. The zero-order chi connectivity index (χ0) is 23.8. The molecule has 0 saturated heterocycles. The van der Waals surface area contributed by atoms with Crippen LogP contribution in [0.25, 0.3) is 22.4 Å². The number of hydrogen-bond acceptors (Lipinski definition) is 4. The summed E-state index contributed by atoms with van der Waals surface area (Å²) in [5.74, 6) is 0.800. The van der Waals surface area contributed by atoms with Gasteiger partial charge in [-0.2, -0.15) is 5.10 Å². The van der Waals surface area contributed by atoms with E-state index in [0.717, 1.165) is 41.1 Å². The van der Waals surface area contributed by atoms with Crippen molar-refractivity contribution in [3.05, 3.63) is 60.8 Å². The van der Waals surface area contributed by atoms with Crippen LogP contribution in [0, 0.1) is 0 Å². The number of carbonyl (C=O) groups is 1. The highest BCUT2D eigenvalue weighted by molar-refractivity contribution is 5.85. The van der Waals surface area contributed by atoms with E-state index in [9.17, 15) is 4.79 Å². The summed E-state index contributed by atoms with van der Waals surface area (Å²) in [6.07, 6.45) is 3.38. The molecule has 1 heterocycles. The van der Waals surface area contributed by atoms with E-state index in [2.05, 4.69) is 43.5 Å². The molecule has 1 aromatic heterocycles. The topological polar surface area (TPSA) is 68.2 Å². The van der Waals surface area contributed by atoms with Gasteiger partial charge in [-0.3, -0.25) is 9.48 Å². The van der Waals surface area contributed by atoms with Gasteiger partial charge in [-0.15, -0.1) is 0 Å². The molecule has 2 N–H and O–H groups in total. The highest BCUT2D eigenvalue weighted by Gasteiger charge is 2.25. The van der Waals surface area contributed by atoms with Crippen molar-refractivity contribution in [2.45, 2.75) is 52.1 Å². The molecule has 0 saturated carbocycles. The van der Waals surface area contributed by atoms with E-state index in [0.29, 0.717) is 13.0 Å². The van der Waals surface area contributed by atoms with Crippen LogP contribution in [0.4, 0.5) is 0 Å². The average molecular weight is 449 g/mol. The third-order valence-electron chi connectivity index (χ3n) is 5.54. The lowest BCUT2D eigenvalue weighted by Gasteiger charge is -2.21. The van der Waals surface area contributed by atoms with Crippen molar-refractivity contribution in [2.24, 2.45) is 0 Å². The molecule has 1 unspecified atom stereocenters. The van der Waals surface area contributed by atoms with E-state index < -0.39 is 0 Å². The average Bonchev–Trinajstić information content (AvgIpc) is 3.24. The second kappa shape index (κ2) is 11.1. The van der Waals surface area contributed by atoms with E-state index in [4.69, 9.17) is 9.84 Å². The fourth-order valence-corrected chi connectivity index (χ4v) is 3.81. The Morgan fingerprint density at radius 2 is 1.73 bits per heavy atom. The number of methoxy groups -OCH3 is 1. The predicted molar refractivity (Wildman–Crippen MR) is 134 cm³/mol. The van der Waals surface area contributed by atoms with Crippen molar-refractivity contribution in [1.29, 1.82) is 0 Å². The van der Waals surface area contributed by atoms with Crippen molar-refractivity contribution in [2.75, 3.05) is 20.2 Å². The van der Waals surface area contributed by atoms with E-state index in [1.165, 1.54) is 0 Å². The van der Waals surface area contributed by atoms with Crippen molar-refractivity contribution in [3.8, 4) is 28.1 Å². The van der Waals surface area contributed by atoms with Gasteiger partial charge in [0.25, 0.3) is 0 Å². The van der Waals surface area contributed by atoms with E-state index in [-0.39, 0.29) is 17.5 Å². The lowest BCUT2D eigenvalue weighted by Crippen LogP contribution is -2.39. The standard InChI is InChI=1S/C27H36N4O2/c1-6-24(26(32)28-17-10-18-29-27(2,3)4)31-25(21-11-8-7-9-12-21)23(19-30-31)20-13-15-22(33-5)16-14-20/h7-9,11-16,19,24,29H,6,10,17-18H2,1-5H3,(H,28,32). The van der Waals surface area contributed by atoms with Crippen molar-refractivity contribution in [3.63, 3.8) is 0 Å². The summed E-state index contributed by atoms with van der Waals surface area (Å²) in [5.41, 5.74) is 4.07. The Morgan fingerprint density at radius 1 is 1.03 bits per heavy atom. The summed E-state index contributed by atoms with van der Waals surface area (Å²) >= 11 is 0. The molecular formula is C27H36N4O2. The van der Waals surface area contributed by atoms with Crippen LogP contribution in [0.15, 0.2) is 60.8 Å². The maximum absolute atomic E-state index is 13.1. The molecule has 1 atom stereocenters. The Hall–Kier alpha value is -3.12. The number of ether oxygens (including phenoxy) is 1. The zero-order valence-electron chi connectivity index (χ0n) is 20.4. The highest BCUT2D eigenvalue weighted by atomic mass is 16.5. The molecule has 3 aromatic rings. The number of rotatable bonds is 10. The molecule has 1 amide bonds. The van der Waals surface area contributed by atoms with E-state index >= 15 is 0 Å². The second-order valence-corrected chi connectivity index (χ2v) is 9.19. The molecule has 3 rings (SSSR count). The maximum Gasteiger partial charge on any atom is 0.244 e. The highest BCUT2D eigenvalue weighted by Crippen LogP contribution is 2.35. The van der Waals surface area contributed by atoms with Crippen LogP contribution in [-0.2, 0) is 4.79 Å². The first-order valence-electron chi connectivity index (χ1n) is 11.6. The molecule has 176 valence electrons. The number of benzene rings is 2. The largest absolute Gasteiger partial charge is 0.497 e. The van der Waals surface area contributed by atoms with Crippen molar-refractivity contribution >= 4 is 5.91 Å². The molecule has 6 heteroatoms. The minimum Gasteiger partial charge on any atom is -0.497 e. The van der Waals surface area contributed by atoms with Crippen LogP contribution in [0.5, 0.6) is 5.75 Å². The van der Waals surface area contributed by atoms with Gasteiger partial charge in [0.1, 0.15) is 11.8 Å². The van der Waals surface area contributed by atoms with Crippen LogP contribution < -0.4 is 15.4 Å². The lowest BCUT2D eigenvalue weighted by atomic mass is 10.0. The smallest absolute Gasteiger partial charge is 0.244 e. The summed E-state index contributed by atoms with van der Waals surface area (Å²) < 4.78 is 7.18. The van der Waals surface area contributed by atoms with Crippen LogP contribution in [0.2, 0.25) is 0 Å². The van der Waals surface area contributed by atoms with Crippen molar-refractivity contribution in [1.82, 2.24) is 20.4 Å². The third kappa shape index (κ3) is 6.45. The number of carbonyl (C=O) groups excluding carboxylic acids is 1. The maximum atomic E-state index is 13.1. The molecule has 0 fully saturated rings. The summed E-state index contributed by atoms with van der Waals surface area (Å²) in [6.45, 7) is 9.94. The quantitative estimate of drug-likeness (QED) is 0.425. The number of nitrogens with zero attached hydrogens (tertiary/aromatic N) is 2. The third-order valence-corrected chi connectivity index (χ3v) is 5.54. The van der Waals surface area contributed by atoms with Gasteiger partial charge in [0.05, 0.1) is 19.0 Å². The van der Waals surface area contributed by atoms with E-state index in [1.54, 1.807) is 7.11 Å². The summed E-state index contributed by atoms with van der Waals surface area (Å²) in [7, 11) is 1.66. The van der Waals surface area contributed by atoms with Crippen LogP contribution in [0.1, 0.15) is 46.6 Å². The van der Waals surface area contributed by atoms with Crippen LogP contribution in [0.3, 0.4) is 0 Å². The number of hydrogen-bond donors (Lipinski definition) is 2. The van der Waals surface area contributed by atoms with Gasteiger partial charge in [0.15, 0.2) is 0 Å². The first-order valence-corrected chi connectivity index (χ1v) is 11.6. The summed E-state index contributed by atoms with van der Waals surface area (Å²) in [5, 5.41) is 11.3. The Balaban J connectivity index is 1.86. The van der Waals surface area contributed by atoms with E-state index in [1.807, 2.05) is 60.3 Å². The second-order valence-electron chi connectivity index (χ2n) is 9.19. The first-order chi connectivity index (χ1) is 15.8. The minimum absolute atomic E-state index is 0.00480. The molecular weight excluding hydrogens is 412 g/mol. The number of nitrogens with one attached hydrogen (secondary N) is 2. The first kappa shape index (κ1) is 24.5. The van der Waals surface area contributed by atoms with Gasteiger partial charge in [-0.1, -0.05) is 49.4 Å². The molecule has 0 bridgehead atoms. The zero-order valence-corrected chi connectivity index (χ0v) is 20.4. The normalized spacial score (nSPS) is 12.4. The lowest BCUT2D eigenvalue weighted by molar-refractivity contribution is -0.124. The predicted octanol–water partition coefficient (Wildman–Crippen LogP) is 5.07. The van der Waals surface area contributed by atoms with Gasteiger partial charge in [-0.05, 0) is 57.9 Å². The molecule has 0 spiro atoms. The molecule has 0 aliphatic rings. The SMILES string of the molecule is CCC(C(=O)NCCCNC(C)(C)C)n1ncc(-c2ccc(OC)cc2)c1-c1ccccc1. The van der Waals surface area contributed by atoms with Crippen molar-refractivity contribution < 1.29 is 9.53 Å². The van der Waals surface area contributed by atoms with Gasteiger partial charge in [0.2, 0.25) is 5.91 Å². The van der Waals surface area contributed by atoms with Crippen LogP contribution in [-0.4, -0.2) is 41.4 Å². The fourth-order valence-electron chi connectivity index (χ4n) is 3.81. The van der Waals surface area contributed by atoms with Gasteiger partial charge in [-0.25, -0.2) is 0 Å². The van der Waals surface area contributed by atoms with Gasteiger partial charge < -0.3 is 15.4 Å². The molecule has 2 aromatic carbocycles. The van der Waals surface area contributed by atoms with Gasteiger partial charge >= 0.3 is 0 Å². The number of aromatic nitrogens is 2. The molecule has 6 nitrogen and oxygen atoms in total. The Morgan fingerprint density at radius 3 is 2.33 bits per heavy atom. The minimum atomic E-state index is -0.386. The summed E-state index contributed by atoms with van der Waals surface area (Å²) in [6, 6.07) is 17.7. The Labute approximate surface area is 197 Å². The number of amides is 1. The molecule has 0 aliphatic heterocycles. The molecule has 0 aliphatic carbocycles. The van der Waals surface area contributed by atoms with Gasteiger partial charge in [0, 0.05) is 23.2 Å². The fraction of sp³-hybridized carbons (Fsp3) is 0.407. The summed E-state index contributed by atoms with van der Waals surface area (Å²) in [4.78, 5) is 13.1. The Kier molecular flexibility index (Phi) is 8.28.